The first-order chi connectivity index (χ1) is 14.4. The molecule has 0 heterocycles. The van der Waals surface area contributed by atoms with Crippen molar-refractivity contribution in [3.8, 4) is 11.5 Å². The molecule has 0 saturated carbocycles. The number of benzene rings is 3. The van der Waals surface area contributed by atoms with Gasteiger partial charge in [-0.3, -0.25) is 10.1 Å². The Hall–Kier alpha value is -2.81. The number of nitrogens with one attached hydrogen (secondary N) is 1. The summed E-state index contributed by atoms with van der Waals surface area (Å²) in [5, 5.41) is 14.3. The fourth-order valence-electron chi connectivity index (χ4n) is 3.02. The molecule has 0 fully saturated rings. The number of non-ortho nitro benzene ring substituents is 1. The summed E-state index contributed by atoms with van der Waals surface area (Å²) in [7, 11) is 1.62. The summed E-state index contributed by atoms with van der Waals surface area (Å²) in [4.78, 5) is 10.4. The molecule has 0 bridgehead atoms. The summed E-state index contributed by atoms with van der Waals surface area (Å²) >= 11 is 2.24. The van der Waals surface area contributed by atoms with Crippen LogP contribution >= 0.6 is 22.6 Å². The Morgan fingerprint density at radius 2 is 1.80 bits per heavy atom. The molecule has 0 aliphatic heterocycles. The van der Waals surface area contributed by atoms with Gasteiger partial charge in [0.1, 0.15) is 6.61 Å². The predicted octanol–water partition coefficient (Wildman–Crippen LogP) is 6.02. The summed E-state index contributed by atoms with van der Waals surface area (Å²) < 4.78 is 12.5. The third-order valence-corrected chi connectivity index (χ3v) is 5.71. The molecule has 0 spiro atoms. The van der Waals surface area contributed by atoms with Gasteiger partial charge in [0.25, 0.3) is 5.69 Å². The Morgan fingerprint density at radius 3 is 2.47 bits per heavy atom. The summed E-state index contributed by atoms with van der Waals surface area (Å²) in [6.07, 6.45) is 0. The van der Waals surface area contributed by atoms with Crippen LogP contribution in [-0.4, -0.2) is 12.0 Å². The number of hydrogen-bond donors (Lipinski definition) is 1. The van der Waals surface area contributed by atoms with Gasteiger partial charge < -0.3 is 14.8 Å². The second-order valence-electron chi connectivity index (χ2n) is 6.92. The molecule has 0 unspecified atom stereocenters. The molecule has 30 heavy (non-hydrogen) atoms. The minimum atomic E-state index is -0.415. The number of ether oxygens (including phenoxy) is 2. The van der Waals surface area contributed by atoms with Crippen LogP contribution in [0, 0.1) is 27.5 Å². The normalized spacial score (nSPS) is 10.5. The van der Waals surface area contributed by atoms with E-state index in [0.717, 1.165) is 20.4 Å². The fraction of sp³-hybridized carbons (Fsp3) is 0.217. The average molecular weight is 518 g/mol. The van der Waals surface area contributed by atoms with Crippen LogP contribution in [0.1, 0.15) is 22.3 Å². The highest BCUT2D eigenvalue weighted by Gasteiger charge is 2.13. The molecule has 0 atom stereocenters. The van der Waals surface area contributed by atoms with Crippen molar-refractivity contribution in [3.05, 3.63) is 90.5 Å². The zero-order valence-electron chi connectivity index (χ0n) is 17.1. The number of hydrogen-bond acceptors (Lipinski definition) is 5. The molecule has 0 saturated heterocycles. The number of halogens is 1. The van der Waals surface area contributed by atoms with Crippen molar-refractivity contribution >= 4 is 34.0 Å². The Bertz CT molecular complexity index is 1050. The quantitative estimate of drug-likeness (QED) is 0.225. The molecule has 156 valence electrons. The van der Waals surface area contributed by atoms with Crippen LogP contribution in [0.3, 0.4) is 0 Å². The summed E-state index contributed by atoms with van der Waals surface area (Å²) in [5.41, 5.74) is 5.59. The van der Waals surface area contributed by atoms with Gasteiger partial charge >= 0.3 is 0 Å². The zero-order chi connectivity index (χ0) is 21.7. The first kappa shape index (κ1) is 21.9. The molecule has 3 aromatic carbocycles. The zero-order valence-corrected chi connectivity index (χ0v) is 19.2. The smallest absolute Gasteiger partial charge is 0.269 e. The lowest BCUT2D eigenvalue weighted by molar-refractivity contribution is -0.384. The van der Waals surface area contributed by atoms with Gasteiger partial charge in [-0.05, 0) is 89.0 Å². The van der Waals surface area contributed by atoms with Gasteiger partial charge in [0.05, 0.1) is 15.6 Å². The maximum absolute atomic E-state index is 10.8. The molecule has 0 aliphatic carbocycles. The fourth-order valence-corrected chi connectivity index (χ4v) is 3.85. The number of methoxy groups -OCH3 is 1. The van der Waals surface area contributed by atoms with Crippen LogP contribution in [0.4, 0.5) is 11.4 Å². The van der Waals surface area contributed by atoms with Gasteiger partial charge in [0, 0.05) is 24.4 Å². The van der Waals surface area contributed by atoms with Crippen molar-refractivity contribution < 1.29 is 14.4 Å². The highest BCUT2D eigenvalue weighted by Crippen LogP contribution is 2.35. The van der Waals surface area contributed by atoms with Crippen molar-refractivity contribution in [1.82, 2.24) is 0 Å². The van der Waals surface area contributed by atoms with Crippen LogP contribution in [0.25, 0.3) is 0 Å². The van der Waals surface area contributed by atoms with Gasteiger partial charge in [-0.1, -0.05) is 12.1 Å². The molecule has 3 aromatic rings. The number of nitro groups is 1. The van der Waals surface area contributed by atoms with Gasteiger partial charge in [0.2, 0.25) is 0 Å². The van der Waals surface area contributed by atoms with E-state index in [9.17, 15) is 10.1 Å². The minimum absolute atomic E-state index is 0.0617. The SMILES string of the molecule is COc1cc(CNc2cccc(C)c2C)cc(I)c1OCc1ccc([N+](=O)[O-])cc1. The van der Waals surface area contributed by atoms with Gasteiger partial charge in [0.15, 0.2) is 11.5 Å². The number of rotatable bonds is 8. The van der Waals surface area contributed by atoms with Crippen LogP contribution in [-0.2, 0) is 13.2 Å². The molecule has 1 N–H and O–H groups in total. The van der Waals surface area contributed by atoms with Crippen molar-refractivity contribution in [2.45, 2.75) is 27.0 Å². The van der Waals surface area contributed by atoms with Crippen molar-refractivity contribution in [2.75, 3.05) is 12.4 Å². The van der Waals surface area contributed by atoms with E-state index in [1.54, 1.807) is 19.2 Å². The molecule has 0 aliphatic rings. The summed E-state index contributed by atoms with van der Waals surface area (Å²) in [6, 6.07) is 16.6. The summed E-state index contributed by atoms with van der Waals surface area (Å²) in [5.74, 6) is 1.31. The van der Waals surface area contributed by atoms with E-state index in [0.29, 0.717) is 24.7 Å². The third kappa shape index (κ3) is 5.21. The largest absolute Gasteiger partial charge is 0.493 e. The maximum Gasteiger partial charge on any atom is 0.269 e. The molecule has 0 aromatic heterocycles. The van der Waals surface area contributed by atoms with Crippen molar-refractivity contribution in [3.63, 3.8) is 0 Å². The lowest BCUT2D eigenvalue weighted by Gasteiger charge is -2.16. The Balaban J connectivity index is 1.72. The Kier molecular flexibility index (Phi) is 7.15. The van der Waals surface area contributed by atoms with E-state index in [1.807, 2.05) is 12.1 Å². The van der Waals surface area contributed by atoms with E-state index < -0.39 is 4.92 Å². The van der Waals surface area contributed by atoms with Gasteiger partial charge in [-0.15, -0.1) is 0 Å². The lowest BCUT2D eigenvalue weighted by Crippen LogP contribution is -2.05. The average Bonchev–Trinajstić information content (AvgIpc) is 2.74. The van der Waals surface area contributed by atoms with Gasteiger partial charge in [-0.25, -0.2) is 0 Å². The standard InChI is InChI=1S/C23H23IN2O4/c1-15-5-4-6-21(16(15)2)25-13-18-11-20(24)23(22(12-18)29-3)30-14-17-7-9-19(10-8-17)26(27)28/h4-12,25H,13-14H2,1-3H3. The predicted molar refractivity (Wildman–Crippen MR) is 126 cm³/mol. The van der Waals surface area contributed by atoms with Crippen LogP contribution in [0.15, 0.2) is 54.6 Å². The van der Waals surface area contributed by atoms with Crippen molar-refractivity contribution in [2.24, 2.45) is 0 Å². The van der Waals surface area contributed by atoms with E-state index in [1.165, 1.54) is 23.3 Å². The highest BCUT2D eigenvalue weighted by atomic mass is 127. The number of anilines is 1. The molecule has 0 radical (unpaired) electrons. The number of nitrogens with zero attached hydrogens (tertiary/aromatic N) is 1. The number of nitro benzene ring substituents is 1. The topological polar surface area (TPSA) is 73.6 Å². The van der Waals surface area contributed by atoms with Crippen molar-refractivity contribution in [1.29, 1.82) is 0 Å². The van der Waals surface area contributed by atoms with E-state index in [4.69, 9.17) is 9.47 Å². The third-order valence-electron chi connectivity index (χ3n) is 4.91. The second-order valence-corrected chi connectivity index (χ2v) is 8.08. The minimum Gasteiger partial charge on any atom is -0.493 e. The van der Waals surface area contributed by atoms with Crippen LogP contribution in [0.5, 0.6) is 11.5 Å². The molecule has 3 rings (SSSR count). The monoisotopic (exact) mass is 518 g/mol. The molecular weight excluding hydrogens is 495 g/mol. The Morgan fingerprint density at radius 1 is 1.07 bits per heavy atom. The second kappa shape index (κ2) is 9.80. The molecular formula is C23H23IN2O4. The van der Waals surface area contributed by atoms with Gasteiger partial charge in [-0.2, -0.15) is 0 Å². The lowest BCUT2D eigenvalue weighted by atomic mass is 10.1. The molecule has 6 nitrogen and oxygen atoms in total. The number of aryl methyl sites for hydroxylation is 1. The van der Waals surface area contributed by atoms with E-state index in [-0.39, 0.29) is 5.69 Å². The van der Waals surface area contributed by atoms with Crippen LogP contribution in [0.2, 0.25) is 0 Å². The first-order valence-corrected chi connectivity index (χ1v) is 10.5. The highest BCUT2D eigenvalue weighted by molar-refractivity contribution is 14.1. The van der Waals surface area contributed by atoms with Crippen LogP contribution < -0.4 is 14.8 Å². The first-order valence-electron chi connectivity index (χ1n) is 9.41. The Labute approximate surface area is 189 Å². The summed E-state index contributed by atoms with van der Waals surface area (Å²) in [6.45, 7) is 5.17. The van der Waals surface area contributed by atoms with E-state index in [2.05, 4.69) is 60.0 Å². The maximum atomic E-state index is 10.8. The molecule has 0 amide bonds. The van der Waals surface area contributed by atoms with E-state index >= 15 is 0 Å². The molecule has 7 heteroatoms.